The van der Waals surface area contributed by atoms with Gasteiger partial charge in [0, 0.05) is 25.1 Å². The maximum absolute atomic E-state index is 4.56. The van der Waals surface area contributed by atoms with E-state index >= 15 is 0 Å². The van der Waals surface area contributed by atoms with Crippen LogP contribution in [0.5, 0.6) is 0 Å². The third-order valence-electron chi connectivity index (χ3n) is 2.81. The number of nitrogens with zero attached hydrogens (tertiary/aromatic N) is 2. The van der Waals surface area contributed by atoms with Crippen LogP contribution in [0.3, 0.4) is 0 Å². The minimum absolute atomic E-state index is 0.438. The summed E-state index contributed by atoms with van der Waals surface area (Å²) < 4.78 is 0. The van der Waals surface area contributed by atoms with Gasteiger partial charge in [0.05, 0.1) is 0 Å². The Balaban J connectivity index is 2.83. The van der Waals surface area contributed by atoms with Crippen molar-refractivity contribution in [3.05, 3.63) is 11.9 Å². The zero-order valence-electron chi connectivity index (χ0n) is 12.1. The van der Waals surface area contributed by atoms with Crippen molar-refractivity contribution in [2.45, 2.75) is 59.4 Å². The highest BCUT2D eigenvalue weighted by molar-refractivity contribution is 5.48. The van der Waals surface area contributed by atoms with Gasteiger partial charge in [0.25, 0.3) is 0 Å². The molecule has 4 heteroatoms. The molecule has 0 spiro atoms. The van der Waals surface area contributed by atoms with E-state index in [9.17, 15) is 0 Å². The number of hydrogen-bond donors (Lipinski definition) is 2. The lowest BCUT2D eigenvalue weighted by Gasteiger charge is -2.14. The van der Waals surface area contributed by atoms with E-state index in [2.05, 4.69) is 48.3 Å². The fraction of sp³-hybridized carbons (Fsp3) is 0.714. The Morgan fingerprint density at radius 2 is 1.83 bits per heavy atom. The molecule has 0 aromatic carbocycles. The molecule has 18 heavy (non-hydrogen) atoms. The lowest BCUT2D eigenvalue weighted by Crippen LogP contribution is -2.16. The van der Waals surface area contributed by atoms with Gasteiger partial charge >= 0.3 is 0 Å². The van der Waals surface area contributed by atoms with E-state index in [1.54, 1.807) is 0 Å². The number of aryl methyl sites for hydroxylation is 1. The summed E-state index contributed by atoms with van der Waals surface area (Å²) >= 11 is 0. The van der Waals surface area contributed by atoms with Gasteiger partial charge in [0.1, 0.15) is 17.5 Å². The van der Waals surface area contributed by atoms with Crippen molar-refractivity contribution in [1.82, 2.24) is 9.97 Å². The van der Waals surface area contributed by atoms with Gasteiger partial charge in [-0.15, -0.1) is 0 Å². The number of anilines is 2. The molecular formula is C14H26N4. The molecule has 0 fully saturated rings. The Morgan fingerprint density at radius 3 is 2.44 bits per heavy atom. The van der Waals surface area contributed by atoms with Crippen molar-refractivity contribution < 1.29 is 0 Å². The molecule has 2 N–H and O–H groups in total. The predicted octanol–water partition coefficient (Wildman–Crippen LogP) is 3.46. The van der Waals surface area contributed by atoms with E-state index in [4.69, 9.17) is 0 Å². The highest BCUT2D eigenvalue weighted by Crippen LogP contribution is 2.14. The minimum atomic E-state index is 0.438. The zero-order chi connectivity index (χ0) is 13.4. The van der Waals surface area contributed by atoms with Gasteiger partial charge in [0.2, 0.25) is 0 Å². The molecule has 4 nitrogen and oxygen atoms in total. The lowest BCUT2D eigenvalue weighted by atomic mass is 10.2. The average Bonchev–Trinajstić information content (AvgIpc) is 2.36. The van der Waals surface area contributed by atoms with E-state index in [1.165, 1.54) is 0 Å². The van der Waals surface area contributed by atoms with Crippen LogP contribution in [0.1, 0.15) is 52.8 Å². The molecule has 0 radical (unpaired) electrons. The van der Waals surface area contributed by atoms with Gasteiger partial charge in [0.15, 0.2) is 0 Å². The van der Waals surface area contributed by atoms with Crippen LogP contribution in [0, 0.1) is 0 Å². The van der Waals surface area contributed by atoms with Crippen LogP contribution in [0.25, 0.3) is 0 Å². The summed E-state index contributed by atoms with van der Waals surface area (Å²) in [7, 11) is 0. The van der Waals surface area contributed by atoms with Crippen molar-refractivity contribution in [3.8, 4) is 0 Å². The van der Waals surface area contributed by atoms with Crippen molar-refractivity contribution in [1.29, 1.82) is 0 Å². The Morgan fingerprint density at radius 1 is 1.11 bits per heavy atom. The van der Waals surface area contributed by atoms with Crippen molar-refractivity contribution in [2.75, 3.05) is 17.2 Å². The van der Waals surface area contributed by atoms with Gasteiger partial charge in [-0.2, -0.15) is 0 Å². The quantitative estimate of drug-likeness (QED) is 0.742. The summed E-state index contributed by atoms with van der Waals surface area (Å²) in [4.78, 5) is 9.09. The van der Waals surface area contributed by atoms with Crippen LogP contribution < -0.4 is 10.6 Å². The van der Waals surface area contributed by atoms with Crippen LogP contribution in [-0.4, -0.2) is 22.6 Å². The molecule has 0 saturated heterocycles. The molecule has 1 aromatic heterocycles. The number of nitrogens with one attached hydrogen (secondary N) is 2. The Labute approximate surface area is 111 Å². The highest BCUT2D eigenvalue weighted by Gasteiger charge is 2.06. The maximum Gasteiger partial charge on any atom is 0.133 e. The third-order valence-corrected chi connectivity index (χ3v) is 2.81. The van der Waals surface area contributed by atoms with Crippen molar-refractivity contribution in [3.63, 3.8) is 0 Å². The first-order chi connectivity index (χ1) is 8.69. The summed E-state index contributed by atoms with van der Waals surface area (Å²) in [5.74, 6) is 2.78. The first-order valence-electron chi connectivity index (χ1n) is 7.07. The van der Waals surface area contributed by atoms with Crippen molar-refractivity contribution in [2.24, 2.45) is 0 Å². The molecule has 0 bridgehead atoms. The Hall–Kier alpha value is -1.32. The van der Waals surface area contributed by atoms with Crippen molar-refractivity contribution >= 4 is 11.6 Å². The lowest BCUT2D eigenvalue weighted by molar-refractivity contribution is 0.752. The second-order valence-corrected chi connectivity index (χ2v) is 4.69. The Kier molecular flexibility index (Phi) is 6.47. The zero-order valence-corrected chi connectivity index (χ0v) is 12.1. The van der Waals surface area contributed by atoms with Gasteiger partial charge in [-0.3, -0.25) is 0 Å². The predicted molar refractivity (Wildman–Crippen MR) is 78.2 cm³/mol. The second-order valence-electron chi connectivity index (χ2n) is 4.69. The van der Waals surface area contributed by atoms with E-state index in [0.717, 1.165) is 49.7 Å². The fourth-order valence-corrected chi connectivity index (χ4v) is 1.60. The summed E-state index contributed by atoms with van der Waals surface area (Å²) in [5, 5.41) is 6.75. The molecular weight excluding hydrogens is 224 g/mol. The van der Waals surface area contributed by atoms with E-state index < -0.39 is 0 Å². The number of aromatic nitrogens is 2. The standard InChI is InChI=1S/C14H26N4/c1-5-8-12-17-13(15-9-6-2)10-14(18-12)16-11(4)7-3/h10-11H,5-9H2,1-4H3,(H2,15,16,17,18). The molecule has 1 aromatic rings. The third kappa shape index (κ3) is 4.90. The number of rotatable bonds is 8. The van der Waals surface area contributed by atoms with Gasteiger partial charge in [-0.25, -0.2) is 9.97 Å². The highest BCUT2D eigenvalue weighted by atomic mass is 15.1. The fourth-order valence-electron chi connectivity index (χ4n) is 1.60. The minimum Gasteiger partial charge on any atom is -0.370 e. The van der Waals surface area contributed by atoms with Crippen LogP contribution in [0.4, 0.5) is 11.6 Å². The molecule has 0 aliphatic carbocycles. The van der Waals surface area contributed by atoms with E-state index in [-0.39, 0.29) is 0 Å². The molecule has 0 amide bonds. The van der Waals surface area contributed by atoms with E-state index in [0.29, 0.717) is 6.04 Å². The second kappa shape index (κ2) is 7.90. The van der Waals surface area contributed by atoms with Gasteiger partial charge in [-0.1, -0.05) is 20.8 Å². The molecule has 1 rings (SSSR count). The van der Waals surface area contributed by atoms with E-state index in [1.807, 2.05) is 6.07 Å². The smallest absolute Gasteiger partial charge is 0.133 e. The van der Waals surface area contributed by atoms with Gasteiger partial charge < -0.3 is 10.6 Å². The summed E-state index contributed by atoms with van der Waals surface area (Å²) in [5.41, 5.74) is 0. The van der Waals surface area contributed by atoms with Crippen LogP contribution >= 0.6 is 0 Å². The molecule has 1 atom stereocenters. The van der Waals surface area contributed by atoms with Crippen LogP contribution in [0.15, 0.2) is 6.07 Å². The SMILES string of the molecule is CCCNc1cc(NC(C)CC)nc(CCC)n1. The first kappa shape index (κ1) is 14.7. The average molecular weight is 250 g/mol. The molecule has 102 valence electrons. The number of hydrogen-bond acceptors (Lipinski definition) is 4. The summed E-state index contributed by atoms with van der Waals surface area (Å²) in [6.07, 6.45) is 4.18. The molecule has 1 heterocycles. The van der Waals surface area contributed by atoms with Crippen LogP contribution in [0.2, 0.25) is 0 Å². The first-order valence-corrected chi connectivity index (χ1v) is 7.07. The molecule has 1 unspecified atom stereocenters. The maximum atomic E-state index is 4.56. The molecule has 0 aliphatic rings. The Bertz CT molecular complexity index is 352. The normalized spacial score (nSPS) is 12.2. The summed E-state index contributed by atoms with van der Waals surface area (Å²) in [6, 6.07) is 2.44. The molecule has 0 aliphatic heterocycles. The topological polar surface area (TPSA) is 49.8 Å². The van der Waals surface area contributed by atoms with Gasteiger partial charge in [-0.05, 0) is 26.2 Å². The largest absolute Gasteiger partial charge is 0.370 e. The van der Waals surface area contributed by atoms with Crippen LogP contribution in [-0.2, 0) is 6.42 Å². The molecule has 0 saturated carbocycles. The monoisotopic (exact) mass is 250 g/mol. The summed E-state index contributed by atoms with van der Waals surface area (Å²) in [6.45, 7) is 9.59.